The fraction of sp³-hybridized carbons (Fsp3) is 0.368. The lowest BCUT2D eigenvalue weighted by atomic mass is 10.1. The molecule has 1 aromatic rings. The maximum Gasteiger partial charge on any atom is 0.335 e. The zero-order valence-electron chi connectivity index (χ0n) is 13.4. The molecule has 23 heavy (non-hydrogen) atoms. The van der Waals surface area contributed by atoms with E-state index >= 15 is 0 Å². The van der Waals surface area contributed by atoms with Crippen molar-refractivity contribution in [3.8, 4) is 0 Å². The lowest BCUT2D eigenvalue weighted by molar-refractivity contribution is -0.128. The molecule has 0 aromatic heterocycles. The van der Waals surface area contributed by atoms with Crippen molar-refractivity contribution < 1.29 is 14.7 Å². The van der Waals surface area contributed by atoms with E-state index in [4.69, 9.17) is 5.11 Å². The van der Waals surface area contributed by atoms with Crippen LogP contribution in [0.4, 0.5) is 0 Å². The molecule has 0 unspecified atom stereocenters. The quantitative estimate of drug-likeness (QED) is 0.785. The Balaban J connectivity index is 1.94. The van der Waals surface area contributed by atoms with Gasteiger partial charge in [0.15, 0.2) is 0 Å². The molecule has 1 aromatic carbocycles. The molecule has 0 saturated carbocycles. The highest BCUT2D eigenvalue weighted by Gasteiger charge is 2.28. The van der Waals surface area contributed by atoms with E-state index < -0.39 is 5.97 Å². The van der Waals surface area contributed by atoms with Crippen LogP contribution in [0.15, 0.2) is 48.6 Å². The van der Waals surface area contributed by atoms with Gasteiger partial charge < -0.3 is 10.0 Å². The van der Waals surface area contributed by atoms with E-state index in [9.17, 15) is 9.59 Å². The van der Waals surface area contributed by atoms with Gasteiger partial charge in [-0.1, -0.05) is 43.4 Å². The Morgan fingerprint density at radius 2 is 2.04 bits per heavy atom. The predicted octanol–water partition coefficient (Wildman–Crippen LogP) is 3.44. The van der Waals surface area contributed by atoms with Crippen LogP contribution in [0.25, 0.3) is 0 Å². The summed E-state index contributed by atoms with van der Waals surface area (Å²) in [5.74, 6) is -0.724. The van der Waals surface area contributed by atoms with Gasteiger partial charge in [0.2, 0.25) is 5.91 Å². The smallest absolute Gasteiger partial charge is 0.335 e. The second kappa shape index (κ2) is 8.32. The minimum Gasteiger partial charge on any atom is -0.478 e. The third-order valence-electron chi connectivity index (χ3n) is 4.03. The summed E-state index contributed by atoms with van der Waals surface area (Å²) in [7, 11) is 0. The third-order valence-corrected chi connectivity index (χ3v) is 4.03. The van der Waals surface area contributed by atoms with E-state index in [1.54, 1.807) is 12.1 Å². The number of rotatable bonds is 7. The molecule has 1 N–H and O–H groups in total. The van der Waals surface area contributed by atoms with Gasteiger partial charge in [-0.05, 0) is 37.0 Å². The van der Waals surface area contributed by atoms with Crippen molar-refractivity contribution in [3.63, 3.8) is 0 Å². The third kappa shape index (κ3) is 4.81. The van der Waals surface area contributed by atoms with Crippen LogP contribution in [0, 0.1) is 0 Å². The summed E-state index contributed by atoms with van der Waals surface area (Å²) in [6, 6.07) is 7.02. The monoisotopic (exact) mass is 313 g/mol. The molecular formula is C19H23NO3. The van der Waals surface area contributed by atoms with E-state index in [0.717, 1.165) is 24.8 Å². The van der Waals surface area contributed by atoms with Crippen molar-refractivity contribution in [2.24, 2.45) is 0 Å². The molecule has 1 amide bonds. The SMILES string of the molecule is CC/C=C\C=C\[C@H]1CCC(=O)N1CCc1ccc(C(=O)O)cc1. The molecule has 1 fully saturated rings. The minimum absolute atomic E-state index is 0.169. The molecule has 1 saturated heterocycles. The molecule has 4 nitrogen and oxygen atoms in total. The molecular weight excluding hydrogens is 290 g/mol. The molecule has 0 radical (unpaired) electrons. The lowest BCUT2D eigenvalue weighted by Crippen LogP contribution is -2.33. The summed E-state index contributed by atoms with van der Waals surface area (Å²) in [5.41, 5.74) is 1.33. The predicted molar refractivity (Wildman–Crippen MR) is 90.4 cm³/mol. The number of carbonyl (C=O) groups is 2. The number of carboxylic acids is 1. The average Bonchev–Trinajstić information content (AvgIpc) is 2.90. The Morgan fingerprint density at radius 3 is 2.70 bits per heavy atom. The largest absolute Gasteiger partial charge is 0.478 e. The van der Waals surface area contributed by atoms with E-state index in [-0.39, 0.29) is 17.5 Å². The van der Waals surface area contributed by atoms with Gasteiger partial charge in [-0.15, -0.1) is 0 Å². The molecule has 0 spiro atoms. The lowest BCUT2D eigenvalue weighted by Gasteiger charge is -2.22. The molecule has 4 heteroatoms. The Hall–Kier alpha value is -2.36. The maximum atomic E-state index is 12.0. The highest BCUT2D eigenvalue weighted by Crippen LogP contribution is 2.20. The molecule has 1 aliphatic rings. The molecule has 122 valence electrons. The maximum absolute atomic E-state index is 12.0. The van der Waals surface area contributed by atoms with Crippen LogP contribution < -0.4 is 0 Å². The second-order valence-electron chi connectivity index (χ2n) is 5.67. The van der Waals surface area contributed by atoms with Crippen LogP contribution in [-0.4, -0.2) is 34.5 Å². The van der Waals surface area contributed by atoms with E-state index in [2.05, 4.69) is 19.1 Å². The van der Waals surface area contributed by atoms with Gasteiger partial charge in [-0.3, -0.25) is 4.79 Å². The number of benzene rings is 1. The first-order valence-corrected chi connectivity index (χ1v) is 8.07. The molecule has 1 heterocycles. The fourth-order valence-electron chi connectivity index (χ4n) is 2.72. The fourth-order valence-corrected chi connectivity index (χ4v) is 2.72. The van der Waals surface area contributed by atoms with Gasteiger partial charge in [0.1, 0.15) is 0 Å². The summed E-state index contributed by atoms with van der Waals surface area (Å²) in [5, 5.41) is 8.90. The average molecular weight is 313 g/mol. The number of nitrogens with zero attached hydrogens (tertiary/aromatic N) is 1. The van der Waals surface area contributed by atoms with E-state index in [1.807, 2.05) is 29.2 Å². The van der Waals surface area contributed by atoms with E-state index in [1.165, 1.54) is 0 Å². The Bertz CT molecular complexity index is 602. The van der Waals surface area contributed by atoms with Crippen LogP contribution in [0.3, 0.4) is 0 Å². The summed E-state index contributed by atoms with van der Waals surface area (Å²) >= 11 is 0. The number of likely N-dealkylation sites (tertiary alicyclic amines) is 1. The van der Waals surface area contributed by atoms with Crippen molar-refractivity contribution in [1.29, 1.82) is 0 Å². The highest BCUT2D eigenvalue weighted by molar-refractivity contribution is 5.87. The van der Waals surface area contributed by atoms with Crippen LogP contribution in [0.1, 0.15) is 42.1 Å². The normalized spacial score (nSPS) is 18.4. The highest BCUT2D eigenvalue weighted by atomic mass is 16.4. The topological polar surface area (TPSA) is 57.6 Å². The Labute approximate surface area is 137 Å². The number of hydrogen-bond donors (Lipinski definition) is 1. The molecule has 0 bridgehead atoms. The number of aromatic carboxylic acids is 1. The van der Waals surface area contributed by atoms with Gasteiger partial charge in [0, 0.05) is 13.0 Å². The Morgan fingerprint density at radius 1 is 1.30 bits per heavy atom. The number of allylic oxidation sites excluding steroid dienone is 3. The number of amides is 1. The van der Waals surface area contributed by atoms with Gasteiger partial charge in [-0.25, -0.2) is 4.79 Å². The molecule has 1 atom stereocenters. The van der Waals surface area contributed by atoms with Crippen molar-refractivity contribution >= 4 is 11.9 Å². The zero-order chi connectivity index (χ0) is 16.7. The van der Waals surface area contributed by atoms with Crippen LogP contribution in [-0.2, 0) is 11.2 Å². The Kier molecular flexibility index (Phi) is 6.15. The number of hydrogen-bond acceptors (Lipinski definition) is 2. The van der Waals surface area contributed by atoms with E-state index in [0.29, 0.717) is 13.0 Å². The zero-order valence-corrected chi connectivity index (χ0v) is 13.4. The summed E-state index contributed by atoms with van der Waals surface area (Å²) in [6.07, 6.45) is 11.4. The first-order valence-electron chi connectivity index (χ1n) is 8.07. The number of carboxylic acid groups (broad SMARTS) is 1. The van der Waals surface area contributed by atoms with Crippen molar-refractivity contribution in [1.82, 2.24) is 4.90 Å². The van der Waals surface area contributed by atoms with Gasteiger partial charge >= 0.3 is 5.97 Å². The molecule has 2 rings (SSSR count). The summed E-state index contributed by atoms with van der Waals surface area (Å²) < 4.78 is 0. The minimum atomic E-state index is -0.920. The summed E-state index contributed by atoms with van der Waals surface area (Å²) in [4.78, 5) is 24.8. The van der Waals surface area contributed by atoms with Crippen LogP contribution >= 0.6 is 0 Å². The first-order chi connectivity index (χ1) is 11.1. The van der Waals surface area contributed by atoms with Crippen LogP contribution in [0.2, 0.25) is 0 Å². The standard InChI is InChI=1S/C19H23NO3/c1-2-3-4-5-6-17-11-12-18(21)20(17)14-13-15-7-9-16(10-8-15)19(22)23/h3-10,17H,2,11-14H2,1H3,(H,22,23)/b4-3-,6-5+/t17-/m0/s1. The van der Waals surface area contributed by atoms with Crippen molar-refractivity contribution in [2.75, 3.05) is 6.54 Å². The number of carbonyl (C=O) groups excluding carboxylic acids is 1. The second-order valence-corrected chi connectivity index (χ2v) is 5.67. The van der Waals surface area contributed by atoms with Gasteiger partial charge in [-0.2, -0.15) is 0 Å². The summed E-state index contributed by atoms with van der Waals surface area (Å²) in [6.45, 7) is 2.75. The molecule has 0 aliphatic carbocycles. The molecule has 1 aliphatic heterocycles. The van der Waals surface area contributed by atoms with Gasteiger partial charge in [0.05, 0.1) is 11.6 Å². The van der Waals surface area contributed by atoms with Gasteiger partial charge in [0.25, 0.3) is 0 Å². The van der Waals surface area contributed by atoms with Crippen LogP contribution in [0.5, 0.6) is 0 Å². The first kappa shape index (κ1) is 17.0. The van der Waals surface area contributed by atoms with Crippen molar-refractivity contribution in [3.05, 3.63) is 59.7 Å². The van der Waals surface area contributed by atoms with Crippen molar-refractivity contribution in [2.45, 2.75) is 38.6 Å².